The van der Waals surface area contributed by atoms with Gasteiger partial charge in [-0.15, -0.1) is 0 Å². The first-order valence-electron chi connectivity index (χ1n) is 5.94. The third-order valence-corrected chi connectivity index (χ3v) is 3.98. The summed E-state index contributed by atoms with van der Waals surface area (Å²) in [5.41, 5.74) is 1.92. The van der Waals surface area contributed by atoms with Gasteiger partial charge in [0, 0.05) is 9.61 Å². The number of amides is 1. The van der Waals surface area contributed by atoms with Crippen molar-refractivity contribution in [2.75, 3.05) is 13.1 Å². The smallest absolute Gasteiger partial charge is 0.252 e. The normalized spacial score (nSPS) is 16.8. The van der Waals surface area contributed by atoms with Crippen LogP contribution in [0.5, 0.6) is 0 Å². The van der Waals surface area contributed by atoms with Crippen LogP contribution >= 0.6 is 22.6 Å². The van der Waals surface area contributed by atoms with Gasteiger partial charge in [0.05, 0.1) is 5.56 Å². The molecule has 1 fully saturated rings. The molecule has 0 atom stereocenters. The van der Waals surface area contributed by atoms with E-state index in [2.05, 4.69) is 33.2 Å². The topological polar surface area (TPSA) is 41.1 Å². The summed E-state index contributed by atoms with van der Waals surface area (Å²) in [6, 6.07) is 6.30. The molecule has 0 aliphatic carbocycles. The molecular formula is C13H17IN2O. The van der Waals surface area contributed by atoms with Gasteiger partial charge in [0.15, 0.2) is 0 Å². The van der Waals surface area contributed by atoms with Crippen LogP contribution in [0.25, 0.3) is 0 Å². The predicted octanol–water partition coefficient (Wildman–Crippen LogP) is 2.08. The number of halogens is 1. The largest absolute Gasteiger partial charge is 0.349 e. The minimum atomic E-state index is 0.0602. The average molecular weight is 344 g/mol. The maximum atomic E-state index is 12.1. The van der Waals surface area contributed by atoms with Crippen molar-refractivity contribution in [2.45, 2.75) is 25.8 Å². The summed E-state index contributed by atoms with van der Waals surface area (Å²) >= 11 is 2.21. The summed E-state index contributed by atoms with van der Waals surface area (Å²) < 4.78 is 1.01. The first-order chi connectivity index (χ1) is 8.16. The lowest BCUT2D eigenvalue weighted by Crippen LogP contribution is -2.42. The van der Waals surface area contributed by atoms with Gasteiger partial charge in [-0.25, -0.2) is 0 Å². The maximum Gasteiger partial charge on any atom is 0.252 e. The van der Waals surface area contributed by atoms with E-state index in [9.17, 15) is 4.79 Å². The Morgan fingerprint density at radius 1 is 1.41 bits per heavy atom. The Balaban J connectivity index is 2.05. The highest BCUT2D eigenvalue weighted by atomic mass is 127. The van der Waals surface area contributed by atoms with Crippen LogP contribution in [0.1, 0.15) is 28.8 Å². The lowest BCUT2D eigenvalue weighted by Gasteiger charge is -2.23. The van der Waals surface area contributed by atoms with Crippen molar-refractivity contribution in [3.63, 3.8) is 0 Å². The molecular weight excluding hydrogens is 327 g/mol. The molecule has 0 radical (unpaired) electrons. The van der Waals surface area contributed by atoms with E-state index in [1.807, 2.05) is 25.1 Å². The zero-order chi connectivity index (χ0) is 12.3. The first-order valence-corrected chi connectivity index (χ1v) is 7.02. The van der Waals surface area contributed by atoms with Crippen molar-refractivity contribution < 1.29 is 4.79 Å². The highest BCUT2D eigenvalue weighted by Crippen LogP contribution is 2.15. The maximum absolute atomic E-state index is 12.1. The number of hydrogen-bond acceptors (Lipinski definition) is 2. The number of carbonyl (C=O) groups excluding carboxylic acids is 1. The molecule has 2 rings (SSSR count). The van der Waals surface area contributed by atoms with Crippen LogP contribution in [-0.2, 0) is 0 Å². The second-order valence-electron chi connectivity index (χ2n) is 4.48. The molecule has 0 bridgehead atoms. The lowest BCUT2D eigenvalue weighted by atomic mass is 10.1. The van der Waals surface area contributed by atoms with Crippen LogP contribution < -0.4 is 10.6 Å². The Kier molecular flexibility index (Phi) is 4.39. The van der Waals surface area contributed by atoms with E-state index in [1.165, 1.54) is 0 Å². The molecule has 0 aromatic heterocycles. The number of aryl methyl sites for hydroxylation is 1. The van der Waals surface area contributed by atoms with E-state index < -0.39 is 0 Å². The van der Waals surface area contributed by atoms with Crippen LogP contribution in [0.15, 0.2) is 18.2 Å². The van der Waals surface area contributed by atoms with Crippen molar-refractivity contribution in [3.05, 3.63) is 32.9 Å². The van der Waals surface area contributed by atoms with Gasteiger partial charge in [0.25, 0.3) is 5.91 Å². The molecule has 3 nitrogen and oxygen atoms in total. The monoisotopic (exact) mass is 344 g/mol. The minimum absolute atomic E-state index is 0.0602. The molecule has 1 heterocycles. The van der Waals surface area contributed by atoms with E-state index in [1.54, 1.807) is 0 Å². The second kappa shape index (κ2) is 5.82. The summed E-state index contributed by atoms with van der Waals surface area (Å²) in [7, 11) is 0. The summed E-state index contributed by atoms with van der Waals surface area (Å²) in [6.45, 7) is 4.00. The quantitative estimate of drug-likeness (QED) is 0.807. The standard InChI is InChI=1S/C13H17IN2O/c1-9-2-3-12(14)11(8-9)13(17)16-10-4-6-15-7-5-10/h2-3,8,10,15H,4-7H2,1H3,(H,16,17). The molecule has 1 amide bonds. The third kappa shape index (κ3) is 3.42. The van der Waals surface area contributed by atoms with Crippen LogP contribution in [0.2, 0.25) is 0 Å². The zero-order valence-corrected chi connectivity index (χ0v) is 12.1. The number of nitrogens with one attached hydrogen (secondary N) is 2. The van der Waals surface area contributed by atoms with E-state index in [-0.39, 0.29) is 5.91 Å². The number of hydrogen-bond donors (Lipinski definition) is 2. The van der Waals surface area contributed by atoms with Crippen molar-refractivity contribution in [1.82, 2.24) is 10.6 Å². The zero-order valence-electron chi connectivity index (χ0n) is 9.92. The fourth-order valence-electron chi connectivity index (χ4n) is 2.04. The molecule has 0 spiro atoms. The number of rotatable bonds is 2. The Labute approximate surface area is 116 Å². The van der Waals surface area contributed by atoms with E-state index >= 15 is 0 Å². The first kappa shape index (κ1) is 12.8. The van der Waals surface area contributed by atoms with Crippen LogP contribution in [0.4, 0.5) is 0 Å². The Hall–Kier alpha value is -0.620. The van der Waals surface area contributed by atoms with Crippen molar-refractivity contribution >= 4 is 28.5 Å². The lowest BCUT2D eigenvalue weighted by molar-refractivity contribution is 0.0928. The highest BCUT2D eigenvalue weighted by molar-refractivity contribution is 14.1. The number of benzene rings is 1. The molecule has 0 saturated carbocycles. The fourth-order valence-corrected chi connectivity index (χ4v) is 2.62. The third-order valence-electron chi connectivity index (χ3n) is 3.04. The molecule has 1 aliphatic heterocycles. The SMILES string of the molecule is Cc1ccc(I)c(C(=O)NC2CCNCC2)c1. The van der Waals surface area contributed by atoms with Gasteiger partial charge in [-0.3, -0.25) is 4.79 Å². The van der Waals surface area contributed by atoms with E-state index in [0.29, 0.717) is 6.04 Å². The predicted molar refractivity (Wildman–Crippen MR) is 77.3 cm³/mol. The van der Waals surface area contributed by atoms with Gasteiger partial charge in [-0.2, -0.15) is 0 Å². The molecule has 0 unspecified atom stereocenters. The van der Waals surface area contributed by atoms with Gasteiger partial charge in [-0.05, 0) is 67.6 Å². The van der Waals surface area contributed by atoms with Crippen LogP contribution in [0.3, 0.4) is 0 Å². The summed E-state index contributed by atoms with van der Waals surface area (Å²) in [5.74, 6) is 0.0602. The molecule has 1 aliphatic rings. The molecule has 92 valence electrons. The molecule has 1 aromatic carbocycles. The fraction of sp³-hybridized carbons (Fsp3) is 0.462. The Morgan fingerprint density at radius 2 is 2.12 bits per heavy atom. The van der Waals surface area contributed by atoms with E-state index in [4.69, 9.17) is 0 Å². The van der Waals surface area contributed by atoms with Gasteiger partial charge in [0.1, 0.15) is 0 Å². The van der Waals surface area contributed by atoms with Gasteiger partial charge >= 0.3 is 0 Å². The second-order valence-corrected chi connectivity index (χ2v) is 5.64. The highest BCUT2D eigenvalue weighted by Gasteiger charge is 2.17. The van der Waals surface area contributed by atoms with Gasteiger partial charge in [0.2, 0.25) is 0 Å². The Bertz CT molecular complexity index is 414. The average Bonchev–Trinajstić information content (AvgIpc) is 2.33. The Morgan fingerprint density at radius 3 is 2.82 bits per heavy atom. The van der Waals surface area contributed by atoms with Crippen LogP contribution in [-0.4, -0.2) is 25.0 Å². The van der Waals surface area contributed by atoms with Crippen molar-refractivity contribution in [1.29, 1.82) is 0 Å². The van der Waals surface area contributed by atoms with Crippen molar-refractivity contribution in [3.8, 4) is 0 Å². The molecule has 2 N–H and O–H groups in total. The summed E-state index contributed by atoms with van der Waals surface area (Å²) in [5, 5.41) is 6.41. The summed E-state index contributed by atoms with van der Waals surface area (Å²) in [4.78, 5) is 12.1. The van der Waals surface area contributed by atoms with Gasteiger partial charge in [-0.1, -0.05) is 11.6 Å². The number of piperidine rings is 1. The minimum Gasteiger partial charge on any atom is -0.349 e. The molecule has 1 aromatic rings. The van der Waals surface area contributed by atoms with Crippen LogP contribution in [0, 0.1) is 10.5 Å². The summed E-state index contributed by atoms with van der Waals surface area (Å²) in [6.07, 6.45) is 2.04. The molecule has 4 heteroatoms. The molecule has 1 saturated heterocycles. The number of carbonyl (C=O) groups is 1. The van der Waals surface area contributed by atoms with Crippen molar-refractivity contribution in [2.24, 2.45) is 0 Å². The molecule has 17 heavy (non-hydrogen) atoms. The van der Waals surface area contributed by atoms with E-state index in [0.717, 1.165) is 40.6 Å². The van der Waals surface area contributed by atoms with Gasteiger partial charge < -0.3 is 10.6 Å².